The number of halogens is 2. The van der Waals surface area contributed by atoms with E-state index in [2.05, 4.69) is 30.9 Å². The lowest BCUT2D eigenvalue weighted by atomic mass is 10.2. The highest BCUT2D eigenvalue weighted by Gasteiger charge is 2.14. The molecule has 21 heavy (non-hydrogen) atoms. The van der Waals surface area contributed by atoms with Crippen molar-refractivity contribution in [1.29, 1.82) is 0 Å². The highest BCUT2D eigenvalue weighted by molar-refractivity contribution is 9.10. The Kier molecular flexibility index (Phi) is 5.14. The van der Waals surface area contributed by atoms with Gasteiger partial charge in [0.2, 0.25) is 5.28 Å². The lowest BCUT2D eigenvalue weighted by Gasteiger charge is -2.05. The van der Waals surface area contributed by atoms with Crippen molar-refractivity contribution >= 4 is 44.5 Å². The van der Waals surface area contributed by atoms with Gasteiger partial charge in [-0.3, -0.25) is 4.57 Å². The van der Waals surface area contributed by atoms with E-state index >= 15 is 0 Å². The summed E-state index contributed by atoms with van der Waals surface area (Å²) < 4.78 is 2.55. The molecule has 0 aliphatic rings. The average Bonchev–Trinajstić information content (AvgIpc) is 2.80. The number of aromatic nitrogens is 4. The zero-order valence-corrected chi connectivity index (χ0v) is 14.1. The van der Waals surface area contributed by atoms with E-state index in [1.165, 1.54) is 0 Å². The van der Waals surface area contributed by atoms with Gasteiger partial charge in [-0.25, -0.2) is 4.98 Å². The molecule has 0 saturated heterocycles. The van der Waals surface area contributed by atoms with Gasteiger partial charge in [0, 0.05) is 0 Å². The van der Waals surface area contributed by atoms with Crippen LogP contribution in [-0.2, 0) is 6.54 Å². The number of nitrogens with two attached hydrogens (primary N) is 1. The van der Waals surface area contributed by atoms with Crippen LogP contribution >= 0.6 is 27.5 Å². The van der Waals surface area contributed by atoms with E-state index in [-0.39, 0.29) is 11.1 Å². The van der Waals surface area contributed by atoms with Gasteiger partial charge in [-0.2, -0.15) is 9.97 Å². The Labute approximate surface area is 136 Å². The molecule has 0 bridgehead atoms. The summed E-state index contributed by atoms with van der Waals surface area (Å²) in [5.74, 6) is 0.280. The zero-order chi connectivity index (χ0) is 15.4. The molecule has 0 atom stereocenters. The van der Waals surface area contributed by atoms with Crippen LogP contribution in [-0.4, -0.2) is 19.5 Å². The van der Waals surface area contributed by atoms with Gasteiger partial charge < -0.3 is 5.73 Å². The van der Waals surface area contributed by atoms with Gasteiger partial charge in [0.25, 0.3) is 0 Å². The Morgan fingerprint density at radius 1 is 1.14 bits per heavy atom. The van der Waals surface area contributed by atoms with Gasteiger partial charge in [-0.1, -0.05) is 44.2 Å². The van der Waals surface area contributed by atoms with Crippen molar-refractivity contribution in [2.24, 2.45) is 0 Å². The quantitative estimate of drug-likeness (QED) is 0.550. The first-order chi connectivity index (χ1) is 10.1. The molecule has 7 heteroatoms. The molecule has 0 fully saturated rings. The van der Waals surface area contributed by atoms with E-state index in [0.29, 0.717) is 22.4 Å². The maximum atomic E-state index is 5.85. The molecular formula is C14H15BrClN5. The summed E-state index contributed by atoms with van der Waals surface area (Å²) in [6.45, 7) is 4.63. The average molecular weight is 369 g/mol. The van der Waals surface area contributed by atoms with Crippen molar-refractivity contribution in [2.75, 3.05) is 5.73 Å². The second-order valence-electron chi connectivity index (χ2n) is 4.00. The minimum Gasteiger partial charge on any atom is -0.382 e. The Bertz CT molecular complexity index is 742. The van der Waals surface area contributed by atoms with Crippen molar-refractivity contribution in [3.63, 3.8) is 0 Å². The fourth-order valence-corrected chi connectivity index (χ4v) is 2.52. The number of hydrogen-bond donors (Lipinski definition) is 1. The van der Waals surface area contributed by atoms with Crippen LogP contribution in [0.25, 0.3) is 11.2 Å². The molecule has 0 unspecified atom stereocenters. The number of anilines is 1. The van der Waals surface area contributed by atoms with E-state index in [1.807, 2.05) is 48.7 Å². The van der Waals surface area contributed by atoms with E-state index in [9.17, 15) is 0 Å². The van der Waals surface area contributed by atoms with Crippen molar-refractivity contribution in [1.82, 2.24) is 19.5 Å². The summed E-state index contributed by atoms with van der Waals surface area (Å²) >= 11 is 9.26. The first-order valence-electron chi connectivity index (χ1n) is 6.54. The fraction of sp³-hybridized carbons (Fsp3) is 0.214. The van der Waals surface area contributed by atoms with Crippen LogP contribution in [0.5, 0.6) is 0 Å². The predicted molar refractivity (Wildman–Crippen MR) is 89.3 cm³/mol. The van der Waals surface area contributed by atoms with Crippen LogP contribution in [0.2, 0.25) is 5.28 Å². The van der Waals surface area contributed by atoms with E-state index in [1.54, 1.807) is 0 Å². The van der Waals surface area contributed by atoms with Crippen molar-refractivity contribution in [3.8, 4) is 0 Å². The van der Waals surface area contributed by atoms with Gasteiger partial charge in [0.1, 0.15) is 0 Å². The molecule has 1 aromatic carbocycles. The third-order valence-corrected chi connectivity index (χ3v) is 3.51. The minimum absolute atomic E-state index is 0.117. The smallest absolute Gasteiger partial charge is 0.226 e. The molecule has 0 saturated carbocycles. The number of rotatable bonds is 2. The van der Waals surface area contributed by atoms with Gasteiger partial charge in [0.05, 0.1) is 6.54 Å². The molecule has 2 heterocycles. The number of benzene rings is 1. The second-order valence-corrected chi connectivity index (χ2v) is 5.05. The van der Waals surface area contributed by atoms with E-state index in [0.717, 1.165) is 5.56 Å². The molecule has 3 aromatic rings. The van der Waals surface area contributed by atoms with Crippen molar-refractivity contribution < 1.29 is 0 Å². The molecule has 0 spiro atoms. The van der Waals surface area contributed by atoms with Crippen LogP contribution in [0.15, 0.2) is 35.1 Å². The molecular weight excluding hydrogens is 354 g/mol. The van der Waals surface area contributed by atoms with Crippen molar-refractivity contribution in [2.45, 2.75) is 20.4 Å². The minimum atomic E-state index is 0.117. The normalized spacial score (nSPS) is 10.3. The third-order valence-electron chi connectivity index (χ3n) is 2.73. The Hall–Kier alpha value is -1.66. The van der Waals surface area contributed by atoms with Gasteiger partial charge in [-0.05, 0) is 33.1 Å². The number of fused-ring (bicyclic) bond motifs is 1. The fourth-order valence-electron chi connectivity index (χ4n) is 1.87. The Morgan fingerprint density at radius 2 is 1.81 bits per heavy atom. The Balaban J connectivity index is 0.000000774. The van der Waals surface area contributed by atoms with Crippen LogP contribution in [0, 0.1) is 0 Å². The Morgan fingerprint density at radius 3 is 2.48 bits per heavy atom. The molecule has 5 nitrogen and oxygen atoms in total. The summed E-state index contributed by atoms with van der Waals surface area (Å²) in [4.78, 5) is 12.4. The maximum absolute atomic E-state index is 5.85. The highest BCUT2D eigenvalue weighted by atomic mass is 79.9. The summed E-state index contributed by atoms with van der Waals surface area (Å²) in [5, 5.41) is 0.117. The second kappa shape index (κ2) is 6.87. The van der Waals surface area contributed by atoms with E-state index in [4.69, 9.17) is 17.3 Å². The molecule has 0 radical (unpaired) electrons. The first-order valence-corrected chi connectivity index (χ1v) is 7.71. The summed E-state index contributed by atoms with van der Waals surface area (Å²) in [6, 6.07) is 10.0. The first kappa shape index (κ1) is 15.7. The summed E-state index contributed by atoms with van der Waals surface area (Å²) in [6.07, 6.45) is 0. The standard InChI is InChI=1S/C12H9BrClN5.C2H6/c13-11-16-8-9(15)17-12(14)18-10(8)19(11)6-7-4-2-1-3-5-7;1-2/h1-5H,6H2,(H2,15,17,18);1-2H3. The predicted octanol–water partition coefficient (Wildman–Crippen LogP) is 3.90. The van der Waals surface area contributed by atoms with Crippen LogP contribution in [0.3, 0.4) is 0 Å². The van der Waals surface area contributed by atoms with Crippen molar-refractivity contribution in [3.05, 3.63) is 45.9 Å². The van der Waals surface area contributed by atoms with Crippen LogP contribution in [0.4, 0.5) is 5.82 Å². The SMILES string of the molecule is CC.Nc1nc(Cl)nc2c1nc(Br)n2Cc1ccccc1. The molecule has 0 aliphatic heterocycles. The lowest BCUT2D eigenvalue weighted by molar-refractivity contribution is 0.790. The summed E-state index contributed by atoms with van der Waals surface area (Å²) in [5.41, 5.74) is 8.10. The number of nitrogen functional groups attached to an aromatic ring is 1. The topological polar surface area (TPSA) is 69.6 Å². The molecule has 2 N–H and O–H groups in total. The van der Waals surface area contributed by atoms with Gasteiger partial charge >= 0.3 is 0 Å². The molecule has 0 amide bonds. The maximum Gasteiger partial charge on any atom is 0.226 e. The zero-order valence-electron chi connectivity index (χ0n) is 11.7. The number of imidazole rings is 1. The van der Waals surface area contributed by atoms with Gasteiger partial charge in [-0.15, -0.1) is 0 Å². The monoisotopic (exact) mass is 367 g/mol. The molecule has 110 valence electrons. The molecule has 2 aromatic heterocycles. The third kappa shape index (κ3) is 3.33. The number of hydrogen-bond acceptors (Lipinski definition) is 4. The summed E-state index contributed by atoms with van der Waals surface area (Å²) in [7, 11) is 0. The van der Waals surface area contributed by atoms with Gasteiger partial charge in [0.15, 0.2) is 21.7 Å². The molecule has 0 aliphatic carbocycles. The molecule has 3 rings (SSSR count). The van der Waals surface area contributed by atoms with Crippen LogP contribution < -0.4 is 5.73 Å². The number of nitrogens with zero attached hydrogens (tertiary/aromatic N) is 4. The van der Waals surface area contributed by atoms with Crippen LogP contribution in [0.1, 0.15) is 19.4 Å². The largest absolute Gasteiger partial charge is 0.382 e. The lowest BCUT2D eigenvalue weighted by Crippen LogP contribution is -2.02. The van der Waals surface area contributed by atoms with E-state index < -0.39 is 0 Å². The highest BCUT2D eigenvalue weighted by Crippen LogP contribution is 2.24.